The van der Waals surface area contributed by atoms with Gasteiger partial charge in [-0.3, -0.25) is 9.58 Å². The lowest BCUT2D eigenvalue weighted by molar-refractivity contribution is 0.254. The van der Waals surface area contributed by atoms with E-state index in [0.717, 1.165) is 39.0 Å². The molecule has 27 heavy (non-hydrogen) atoms. The number of hydrogen-bond donors (Lipinski definition) is 0. The molecule has 4 nitrogen and oxygen atoms in total. The molecule has 0 aliphatic carbocycles. The predicted octanol–water partition coefficient (Wildman–Crippen LogP) is 4.35. The van der Waals surface area contributed by atoms with Crippen molar-refractivity contribution in [3.05, 3.63) is 47.8 Å². The van der Waals surface area contributed by atoms with Crippen molar-refractivity contribution in [2.45, 2.75) is 58.9 Å². The molecule has 0 unspecified atom stereocenters. The number of rotatable bonds is 7. The number of aryl methyl sites for hydroxylation is 2. The van der Waals surface area contributed by atoms with E-state index >= 15 is 0 Å². The number of piperazine rings is 1. The summed E-state index contributed by atoms with van der Waals surface area (Å²) < 4.78 is 2.24. The third kappa shape index (κ3) is 5.35. The van der Waals surface area contributed by atoms with Gasteiger partial charge >= 0.3 is 0 Å². The topological polar surface area (TPSA) is 24.3 Å². The van der Waals surface area contributed by atoms with E-state index in [1.165, 1.54) is 36.5 Å². The van der Waals surface area contributed by atoms with Crippen LogP contribution in [0, 0.1) is 0 Å². The Kier molecular flexibility index (Phi) is 6.59. The summed E-state index contributed by atoms with van der Waals surface area (Å²) in [5, 5.41) is 4.92. The zero-order chi connectivity index (χ0) is 19.3. The van der Waals surface area contributed by atoms with Crippen molar-refractivity contribution in [2.75, 3.05) is 37.6 Å². The normalized spacial score (nSPS) is 16.1. The lowest BCUT2D eigenvalue weighted by Crippen LogP contribution is -2.46. The molecule has 0 bridgehead atoms. The first-order valence-corrected chi connectivity index (χ1v) is 10.6. The molecule has 1 aromatic heterocycles. The van der Waals surface area contributed by atoms with Gasteiger partial charge in [-0.25, -0.2) is 0 Å². The Balaban J connectivity index is 1.47. The predicted molar refractivity (Wildman–Crippen MR) is 115 cm³/mol. The van der Waals surface area contributed by atoms with E-state index in [0.29, 0.717) is 0 Å². The first-order chi connectivity index (χ1) is 13.0. The fourth-order valence-electron chi connectivity index (χ4n) is 3.96. The summed E-state index contributed by atoms with van der Waals surface area (Å²) in [5.41, 5.74) is 4.07. The molecule has 2 heterocycles. The summed E-state index contributed by atoms with van der Waals surface area (Å²) >= 11 is 0. The van der Waals surface area contributed by atoms with Gasteiger partial charge in [-0.15, -0.1) is 0 Å². The van der Waals surface area contributed by atoms with Crippen LogP contribution in [-0.4, -0.2) is 47.4 Å². The highest BCUT2D eigenvalue weighted by molar-refractivity contribution is 5.46. The first kappa shape index (κ1) is 19.9. The van der Waals surface area contributed by atoms with Gasteiger partial charge in [0.1, 0.15) is 0 Å². The van der Waals surface area contributed by atoms with Gasteiger partial charge in [0, 0.05) is 37.6 Å². The number of hydrogen-bond acceptors (Lipinski definition) is 3. The summed E-state index contributed by atoms with van der Waals surface area (Å²) in [4.78, 5) is 5.10. The molecule has 0 radical (unpaired) electrons. The van der Waals surface area contributed by atoms with Crippen molar-refractivity contribution >= 4 is 5.69 Å². The number of benzene rings is 1. The van der Waals surface area contributed by atoms with E-state index in [9.17, 15) is 0 Å². The molecule has 148 valence electrons. The largest absolute Gasteiger partial charge is 0.369 e. The van der Waals surface area contributed by atoms with Crippen LogP contribution < -0.4 is 4.90 Å². The lowest BCUT2D eigenvalue weighted by atomic mass is 10.1. The summed E-state index contributed by atoms with van der Waals surface area (Å²) in [7, 11) is 0. The number of aromatic nitrogens is 2. The SMILES string of the molecule is CCCc1cc(CCCN2CCN(c3ccccc3)CC2)nn1C(C)(C)C. The highest BCUT2D eigenvalue weighted by Crippen LogP contribution is 2.20. The lowest BCUT2D eigenvalue weighted by Gasteiger charge is -2.36. The van der Waals surface area contributed by atoms with E-state index in [1.54, 1.807) is 0 Å². The quantitative estimate of drug-likeness (QED) is 0.726. The Labute approximate surface area is 165 Å². The molecule has 1 aliphatic rings. The van der Waals surface area contributed by atoms with Crippen LogP contribution in [0.3, 0.4) is 0 Å². The Morgan fingerprint density at radius 1 is 0.963 bits per heavy atom. The molecule has 0 atom stereocenters. The average Bonchev–Trinajstić information content (AvgIpc) is 3.07. The zero-order valence-electron chi connectivity index (χ0n) is 17.6. The van der Waals surface area contributed by atoms with E-state index in [2.05, 4.69) is 78.6 Å². The van der Waals surface area contributed by atoms with Crippen LogP contribution >= 0.6 is 0 Å². The molecule has 0 N–H and O–H groups in total. The van der Waals surface area contributed by atoms with Gasteiger partial charge in [-0.05, 0) is 64.8 Å². The summed E-state index contributed by atoms with van der Waals surface area (Å²) in [6.07, 6.45) is 4.56. The Morgan fingerprint density at radius 2 is 1.67 bits per heavy atom. The van der Waals surface area contributed by atoms with E-state index in [-0.39, 0.29) is 5.54 Å². The van der Waals surface area contributed by atoms with Crippen molar-refractivity contribution in [1.82, 2.24) is 14.7 Å². The molecule has 1 aliphatic heterocycles. The van der Waals surface area contributed by atoms with Crippen LogP contribution in [0.5, 0.6) is 0 Å². The number of nitrogens with zero attached hydrogens (tertiary/aromatic N) is 4. The van der Waals surface area contributed by atoms with E-state index in [1.807, 2.05) is 0 Å². The van der Waals surface area contributed by atoms with Crippen molar-refractivity contribution < 1.29 is 0 Å². The monoisotopic (exact) mass is 368 g/mol. The van der Waals surface area contributed by atoms with Gasteiger partial charge in [-0.2, -0.15) is 5.10 Å². The van der Waals surface area contributed by atoms with Crippen molar-refractivity contribution in [3.8, 4) is 0 Å². The smallest absolute Gasteiger partial charge is 0.0628 e. The molecule has 1 aromatic carbocycles. The fraction of sp³-hybridized carbons (Fsp3) is 0.609. The van der Waals surface area contributed by atoms with E-state index < -0.39 is 0 Å². The average molecular weight is 369 g/mol. The molecule has 3 rings (SSSR count). The Hall–Kier alpha value is -1.81. The summed E-state index contributed by atoms with van der Waals surface area (Å²) in [6, 6.07) is 13.1. The summed E-state index contributed by atoms with van der Waals surface area (Å²) in [6.45, 7) is 14.7. The highest BCUT2D eigenvalue weighted by atomic mass is 15.3. The van der Waals surface area contributed by atoms with Crippen LogP contribution in [-0.2, 0) is 18.4 Å². The second kappa shape index (κ2) is 8.92. The summed E-state index contributed by atoms with van der Waals surface area (Å²) in [5.74, 6) is 0. The van der Waals surface area contributed by atoms with Crippen molar-refractivity contribution in [3.63, 3.8) is 0 Å². The Morgan fingerprint density at radius 3 is 2.30 bits per heavy atom. The maximum atomic E-state index is 4.92. The maximum absolute atomic E-state index is 4.92. The van der Waals surface area contributed by atoms with E-state index in [4.69, 9.17) is 5.10 Å². The van der Waals surface area contributed by atoms with Crippen LogP contribution in [0.2, 0.25) is 0 Å². The molecule has 0 saturated carbocycles. The minimum absolute atomic E-state index is 0.0660. The molecular weight excluding hydrogens is 332 g/mol. The number of anilines is 1. The molecule has 4 heteroatoms. The fourth-order valence-corrected chi connectivity index (χ4v) is 3.96. The third-order valence-corrected chi connectivity index (χ3v) is 5.38. The van der Waals surface area contributed by atoms with Gasteiger partial charge in [0.25, 0.3) is 0 Å². The van der Waals surface area contributed by atoms with Crippen LogP contribution in [0.15, 0.2) is 36.4 Å². The first-order valence-electron chi connectivity index (χ1n) is 10.6. The maximum Gasteiger partial charge on any atom is 0.0628 e. The van der Waals surface area contributed by atoms with Crippen molar-refractivity contribution in [2.24, 2.45) is 0 Å². The minimum Gasteiger partial charge on any atom is -0.369 e. The Bertz CT molecular complexity index is 691. The third-order valence-electron chi connectivity index (χ3n) is 5.38. The molecular formula is C23H36N4. The molecule has 2 aromatic rings. The van der Waals surface area contributed by atoms with Crippen LogP contribution in [0.4, 0.5) is 5.69 Å². The zero-order valence-corrected chi connectivity index (χ0v) is 17.6. The molecule has 0 amide bonds. The van der Waals surface area contributed by atoms with Crippen LogP contribution in [0.1, 0.15) is 51.9 Å². The second-order valence-electron chi connectivity index (χ2n) is 8.73. The molecule has 1 fully saturated rings. The highest BCUT2D eigenvalue weighted by Gasteiger charge is 2.20. The van der Waals surface area contributed by atoms with Gasteiger partial charge in [-0.1, -0.05) is 31.5 Å². The van der Waals surface area contributed by atoms with Gasteiger partial charge in [0.05, 0.1) is 11.2 Å². The van der Waals surface area contributed by atoms with Gasteiger partial charge < -0.3 is 4.90 Å². The molecule has 0 spiro atoms. The second-order valence-corrected chi connectivity index (χ2v) is 8.73. The van der Waals surface area contributed by atoms with Gasteiger partial charge in [0.2, 0.25) is 0 Å². The van der Waals surface area contributed by atoms with Gasteiger partial charge in [0.15, 0.2) is 0 Å². The standard InChI is InChI=1S/C23H36N4/c1-5-10-22-19-20(24-27(22)23(2,3)4)11-9-14-25-15-17-26(18-16-25)21-12-7-6-8-13-21/h6-8,12-13,19H,5,9-11,14-18H2,1-4H3. The number of para-hydroxylation sites is 1. The van der Waals surface area contributed by atoms with Crippen molar-refractivity contribution in [1.29, 1.82) is 0 Å². The minimum atomic E-state index is 0.0660. The molecule has 1 saturated heterocycles. The van der Waals surface area contributed by atoms with Crippen LogP contribution in [0.25, 0.3) is 0 Å².